The maximum Gasteiger partial charge on any atom is 0.194 e. The van der Waals surface area contributed by atoms with Gasteiger partial charge in [-0.3, -0.25) is 0 Å². The van der Waals surface area contributed by atoms with Crippen LogP contribution in [-0.2, 0) is 13.1 Å². The van der Waals surface area contributed by atoms with E-state index in [4.69, 9.17) is 4.99 Å². The van der Waals surface area contributed by atoms with Crippen molar-refractivity contribution < 1.29 is 0 Å². The fraction of sp³-hybridized carbons (Fsp3) is 0.533. The lowest BCUT2D eigenvalue weighted by atomic mass is 10.4. The van der Waals surface area contributed by atoms with E-state index in [0.717, 1.165) is 40.5 Å². The van der Waals surface area contributed by atoms with Crippen molar-refractivity contribution in [1.82, 2.24) is 20.2 Å². The molecule has 0 atom stereocenters. The molecule has 0 aliphatic heterocycles. The van der Waals surface area contributed by atoms with E-state index in [0.29, 0.717) is 6.54 Å². The molecule has 0 fully saturated rings. The molecule has 0 radical (unpaired) electrons. The molecule has 0 saturated carbocycles. The normalized spacial score (nSPS) is 11.3. The standard InChI is InChI=1S/C15H23N5S2.HI/c1-6-16-15(17-7-14-18-10(2)11(3)22-14)20(5)8-13-9-21-12(4)19-13;/h9H,6-8H2,1-5H3,(H,16,17);1H. The van der Waals surface area contributed by atoms with E-state index in [1.807, 2.05) is 20.9 Å². The van der Waals surface area contributed by atoms with Crippen LogP contribution in [0.5, 0.6) is 0 Å². The van der Waals surface area contributed by atoms with Crippen molar-refractivity contribution in [2.45, 2.75) is 40.8 Å². The molecular formula is C15H24IN5S2. The molecule has 5 nitrogen and oxygen atoms in total. The van der Waals surface area contributed by atoms with E-state index in [1.165, 1.54) is 4.88 Å². The quantitative estimate of drug-likeness (QED) is 0.415. The van der Waals surface area contributed by atoms with Crippen LogP contribution in [0.25, 0.3) is 0 Å². The molecule has 0 aliphatic rings. The topological polar surface area (TPSA) is 53.4 Å². The van der Waals surface area contributed by atoms with Crippen molar-refractivity contribution in [2.24, 2.45) is 4.99 Å². The molecule has 0 bridgehead atoms. The molecule has 2 heterocycles. The molecule has 128 valence electrons. The molecule has 8 heteroatoms. The summed E-state index contributed by atoms with van der Waals surface area (Å²) in [6, 6.07) is 0. The minimum Gasteiger partial charge on any atom is -0.357 e. The Morgan fingerprint density at radius 3 is 2.57 bits per heavy atom. The highest BCUT2D eigenvalue weighted by Gasteiger charge is 2.09. The highest BCUT2D eigenvalue weighted by Crippen LogP contribution is 2.17. The zero-order chi connectivity index (χ0) is 16.1. The lowest BCUT2D eigenvalue weighted by Gasteiger charge is -2.20. The summed E-state index contributed by atoms with van der Waals surface area (Å²) in [5, 5.41) is 7.58. The van der Waals surface area contributed by atoms with Crippen LogP contribution >= 0.6 is 46.7 Å². The Bertz CT molecular complexity index is 631. The van der Waals surface area contributed by atoms with Gasteiger partial charge in [-0.05, 0) is 27.7 Å². The Balaban J connectivity index is 0.00000264. The van der Waals surface area contributed by atoms with E-state index < -0.39 is 0 Å². The average molecular weight is 465 g/mol. The highest BCUT2D eigenvalue weighted by atomic mass is 127. The third-order valence-corrected chi connectivity index (χ3v) is 5.08. The van der Waals surface area contributed by atoms with Crippen LogP contribution in [0.1, 0.15) is 33.2 Å². The van der Waals surface area contributed by atoms with Crippen LogP contribution in [0, 0.1) is 20.8 Å². The summed E-state index contributed by atoms with van der Waals surface area (Å²) >= 11 is 3.40. The van der Waals surface area contributed by atoms with Crippen molar-refractivity contribution in [3.8, 4) is 0 Å². The van der Waals surface area contributed by atoms with Crippen molar-refractivity contribution in [2.75, 3.05) is 13.6 Å². The number of nitrogens with zero attached hydrogens (tertiary/aromatic N) is 4. The van der Waals surface area contributed by atoms with Gasteiger partial charge in [0.15, 0.2) is 5.96 Å². The van der Waals surface area contributed by atoms with Gasteiger partial charge >= 0.3 is 0 Å². The van der Waals surface area contributed by atoms with Gasteiger partial charge in [-0.2, -0.15) is 0 Å². The first kappa shape index (κ1) is 20.3. The molecule has 0 saturated heterocycles. The van der Waals surface area contributed by atoms with Gasteiger partial charge in [-0.25, -0.2) is 15.0 Å². The van der Waals surface area contributed by atoms with Gasteiger partial charge in [-0.1, -0.05) is 0 Å². The van der Waals surface area contributed by atoms with Crippen LogP contribution in [0.4, 0.5) is 0 Å². The number of aryl methyl sites for hydroxylation is 3. The smallest absolute Gasteiger partial charge is 0.194 e. The molecule has 2 aromatic heterocycles. The number of aromatic nitrogens is 2. The summed E-state index contributed by atoms with van der Waals surface area (Å²) in [6.45, 7) is 10.5. The SMILES string of the molecule is CCNC(=NCc1nc(C)c(C)s1)N(C)Cc1csc(C)n1.I. The van der Waals surface area contributed by atoms with Crippen molar-refractivity contribution in [3.63, 3.8) is 0 Å². The van der Waals surface area contributed by atoms with Crippen molar-refractivity contribution >= 4 is 52.6 Å². The minimum atomic E-state index is 0. The number of hydrogen-bond donors (Lipinski definition) is 1. The maximum absolute atomic E-state index is 4.70. The van der Waals surface area contributed by atoms with E-state index in [2.05, 4.69) is 39.4 Å². The first-order valence-electron chi connectivity index (χ1n) is 7.33. The molecule has 23 heavy (non-hydrogen) atoms. The summed E-state index contributed by atoms with van der Waals surface area (Å²) in [5.41, 5.74) is 2.18. The fourth-order valence-corrected chi connectivity index (χ4v) is 3.48. The van der Waals surface area contributed by atoms with Crippen LogP contribution in [-0.4, -0.2) is 34.4 Å². The summed E-state index contributed by atoms with van der Waals surface area (Å²) in [6.07, 6.45) is 0. The number of thiazole rings is 2. The number of halogens is 1. The average Bonchev–Trinajstić information content (AvgIpc) is 3.01. The Hall–Kier alpha value is -0.740. The van der Waals surface area contributed by atoms with Crippen LogP contribution < -0.4 is 5.32 Å². The molecule has 0 spiro atoms. The number of rotatable bonds is 5. The third kappa shape index (κ3) is 6.00. The zero-order valence-electron chi connectivity index (χ0n) is 14.2. The van der Waals surface area contributed by atoms with E-state index in [9.17, 15) is 0 Å². The van der Waals surface area contributed by atoms with Gasteiger partial charge in [0.05, 0.1) is 29.5 Å². The lowest BCUT2D eigenvalue weighted by Crippen LogP contribution is -2.38. The summed E-state index contributed by atoms with van der Waals surface area (Å²) < 4.78 is 0. The number of aliphatic imine (C=N–C) groups is 1. The molecule has 0 aromatic carbocycles. The van der Waals surface area contributed by atoms with E-state index >= 15 is 0 Å². The lowest BCUT2D eigenvalue weighted by molar-refractivity contribution is 0.470. The Labute approximate surface area is 163 Å². The summed E-state index contributed by atoms with van der Waals surface area (Å²) in [7, 11) is 2.04. The van der Waals surface area contributed by atoms with Crippen molar-refractivity contribution in [1.29, 1.82) is 0 Å². The van der Waals surface area contributed by atoms with E-state index in [-0.39, 0.29) is 24.0 Å². The molecule has 0 aliphatic carbocycles. The Morgan fingerprint density at radius 1 is 1.30 bits per heavy atom. The second kappa shape index (κ2) is 9.53. The molecule has 0 unspecified atom stereocenters. The van der Waals surface area contributed by atoms with E-state index in [1.54, 1.807) is 22.7 Å². The first-order chi connectivity index (χ1) is 10.5. The Morgan fingerprint density at radius 2 is 2.04 bits per heavy atom. The van der Waals surface area contributed by atoms with Gasteiger partial charge in [0.2, 0.25) is 0 Å². The van der Waals surface area contributed by atoms with Crippen LogP contribution in [0.15, 0.2) is 10.4 Å². The number of guanidine groups is 1. The second-order valence-corrected chi connectivity index (χ2v) is 7.48. The summed E-state index contributed by atoms with van der Waals surface area (Å²) in [4.78, 5) is 17.1. The summed E-state index contributed by atoms with van der Waals surface area (Å²) in [5.74, 6) is 0.888. The number of nitrogens with one attached hydrogen (secondary N) is 1. The van der Waals surface area contributed by atoms with Crippen molar-refractivity contribution in [3.05, 3.63) is 31.7 Å². The predicted octanol–water partition coefficient (Wildman–Crippen LogP) is 3.74. The van der Waals surface area contributed by atoms with Gasteiger partial charge in [0, 0.05) is 23.8 Å². The zero-order valence-corrected chi connectivity index (χ0v) is 18.2. The van der Waals surface area contributed by atoms with Gasteiger partial charge in [-0.15, -0.1) is 46.7 Å². The highest BCUT2D eigenvalue weighted by molar-refractivity contribution is 14.0. The Kier molecular flexibility index (Phi) is 8.41. The van der Waals surface area contributed by atoms with Crippen LogP contribution in [0.3, 0.4) is 0 Å². The maximum atomic E-state index is 4.70. The molecule has 2 rings (SSSR count). The first-order valence-corrected chi connectivity index (χ1v) is 9.02. The number of hydrogen-bond acceptors (Lipinski definition) is 5. The second-order valence-electron chi connectivity index (χ2n) is 5.13. The van der Waals surface area contributed by atoms with Gasteiger partial charge < -0.3 is 10.2 Å². The minimum absolute atomic E-state index is 0. The molecule has 0 amide bonds. The molecule has 2 aromatic rings. The fourth-order valence-electron chi connectivity index (χ4n) is 2.02. The predicted molar refractivity (Wildman–Crippen MR) is 110 cm³/mol. The third-order valence-electron chi connectivity index (χ3n) is 3.20. The molecule has 1 N–H and O–H groups in total. The van der Waals surface area contributed by atoms with Gasteiger partial charge in [0.1, 0.15) is 5.01 Å². The van der Waals surface area contributed by atoms with Crippen LogP contribution in [0.2, 0.25) is 0 Å². The molecular weight excluding hydrogens is 441 g/mol. The monoisotopic (exact) mass is 465 g/mol. The van der Waals surface area contributed by atoms with Gasteiger partial charge in [0.25, 0.3) is 0 Å². The largest absolute Gasteiger partial charge is 0.357 e.